The molecule has 1 saturated heterocycles. The minimum atomic E-state index is -0.806. The van der Waals surface area contributed by atoms with E-state index in [9.17, 15) is 19.5 Å². The van der Waals surface area contributed by atoms with Crippen molar-refractivity contribution in [1.82, 2.24) is 10.2 Å². The third-order valence-corrected chi connectivity index (χ3v) is 5.26. The maximum Gasteiger partial charge on any atom is 0.355 e. The van der Waals surface area contributed by atoms with Crippen LogP contribution in [0.25, 0.3) is 5.57 Å². The molecule has 0 saturated carbocycles. The van der Waals surface area contributed by atoms with Crippen molar-refractivity contribution in [2.45, 2.75) is 38.8 Å². The number of rotatable bonds is 8. The van der Waals surface area contributed by atoms with Gasteiger partial charge < -0.3 is 20.1 Å². The summed E-state index contributed by atoms with van der Waals surface area (Å²) in [5.41, 5.74) is 2.00. The highest BCUT2D eigenvalue weighted by atomic mass is 16.5. The largest absolute Gasteiger partial charge is 0.457 e. The fourth-order valence-corrected chi connectivity index (χ4v) is 3.91. The molecule has 2 amide bonds. The van der Waals surface area contributed by atoms with Gasteiger partial charge in [0.2, 0.25) is 5.91 Å². The van der Waals surface area contributed by atoms with Gasteiger partial charge in [-0.1, -0.05) is 31.7 Å². The van der Waals surface area contributed by atoms with Gasteiger partial charge in [-0.15, -0.1) is 0 Å². The number of nitrogens with one attached hydrogen (secondary N) is 1. The van der Waals surface area contributed by atoms with Crippen molar-refractivity contribution in [2.75, 3.05) is 13.2 Å². The van der Waals surface area contributed by atoms with Crippen LogP contribution in [0.15, 0.2) is 42.6 Å². The number of fused-ring (bicyclic) bond motifs is 1. The van der Waals surface area contributed by atoms with E-state index in [0.29, 0.717) is 29.7 Å². The summed E-state index contributed by atoms with van der Waals surface area (Å²) in [4.78, 5) is 39.0. The number of aliphatic hydroxyl groups excluding tert-OH is 1. The number of aliphatic hydroxyl groups is 1. The Hall–Kier alpha value is -2.93. The van der Waals surface area contributed by atoms with Gasteiger partial charge in [0.05, 0.1) is 18.1 Å². The molecular formula is C22H26N2O5. The van der Waals surface area contributed by atoms with Gasteiger partial charge in [-0.25, -0.2) is 4.79 Å². The molecule has 0 aromatic heterocycles. The molecule has 0 bridgehead atoms. The van der Waals surface area contributed by atoms with Crippen molar-refractivity contribution in [3.05, 3.63) is 53.7 Å². The Morgan fingerprint density at radius 1 is 1.45 bits per heavy atom. The molecular weight excluding hydrogens is 372 g/mol. The number of amides is 2. The zero-order chi connectivity index (χ0) is 21.1. The molecule has 7 heteroatoms. The van der Waals surface area contributed by atoms with Crippen molar-refractivity contribution in [3.8, 4) is 0 Å². The summed E-state index contributed by atoms with van der Waals surface area (Å²) in [6.45, 7) is 7.69. The summed E-state index contributed by atoms with van der Waals surface area (Å²) >= 11 is 0. The highest BCUT2D eigenvalue weighted by Gasteiger charge is 2.57. The molecule has 0 radical (unpaired) electrons. The summed E-state index contributed by atoms with van der Waals surface area (Å²) in [5.74, 6) is -1.64. The lowest BCUT2D eigenvalue weighted by Gasteiger charge is -2.44. The first-order valence-corrected chi connectivity index (χ1v) is 9.81. The molecule has 0 spiro atoms. The van der Waals surface area contributed by atoms with Crippen LogP contribution in [-0.4, -0.2) is 53.1 Å². The first kappa shape index (κ1) is 20.8. The number of hydrogen-bond donors (Lipinski definition) is 2. The predicted octanol–water partition coefficient (Wildman–Crippen LogP) is 1.88. The molecule has 3 atom stereocenters. The lowest BCUT2D eigenvalue weighted by Crippen LogP contribution is -2.61. The molecule has 0 aliphatic carbocycles. The predicted molar refractivity (Wildman–Crippen MR) is 108 cm³/mol. The lowest BCUT2D eigenvalue weighted by atomic mass is 9.82. The van der Waals surface area contributed by atoms with Crippen LogP contribution < -0.4 is 5.32 Å². The van der Waals surface area contributed by atoms with Crippen LogP contribution in [-0.2, 0) is 14.3 Å². The van der Waals surface area contributed by atoms with Crippen LogP contribution in [0.3, 0.4) is 0 Å². The maximum atomic E-state index is 12.7. The quantitative estimate of drug-likeness (QED) is 0.396. The average molecular weight is 398 g/mol. The van der Waals surface area contributed by atoms with Crippen molar-refractivity contribution in [2.24, 2.45) is 5.92 Å². The smallest absolute Gasteiger partial charge is 0.355 e. The van der Waals surface area contributed by atoms with E-state index in [4.69, 9.17) is 4.74 Å². The van der Waals surface area contributed by atoms with Crippen LogP contribution in [0.1, 0.15) is 42.6 Å². The Kier molecular flexibility index (Phi) is 6.17. The van der Waals surface area contributed by atoms with Crippen LogP contribution >= 0.6 is 0 Å². The van der Waals surface area contributed by atoms with Gasteiger partial charge in [-0.2, -0.15) is 0 Å². The van der Waals surface area contributed by atoms with Gasteiger partial charge in [0.25, 0.3) is 5.91 Å². The number of nitrogens with zero attached hydrogens (tertiary/aromatic N) is 1. The minimum absolute atomic E-state index is 0.0294. The van der Waals surface area contributed by atoms with Crippen LogP contribution in [0.4, 0.5) is 0 Å². The second-order valence-corrected chi connectivity index (χ2v) is 7.30. The highest BCUT2D eigenvalue weighted by Crippen LogP contribution is 2.47. The Morgan fingerprint density at radius 3 is 2.86 bits per heavy atom. The molecule has 2 N–H and O–H groups in total. The zero-order valence-electron chi connectivity index (χ0n) is 16.7. The minimum Gasteiger partial charge on any atom is -0.457 e. The van der Waals surface area contributed by atoms with Gasteiger partial charge in [0.1, 0.15) is 12.3 Å². The van der Waals surface area contributed by atoms with Crippen molar-refractivity contribution < 1.29 is 24.2 Å². The number of carbonyl (C=O) groups is 3. The van der Waals surface area contributed by atoms with Crippen LogP contribution in [0.2, 0.25) is 0 Å². The van der Waals surface area contributed by atoms with Crippen molar-refractivity contribution in [3.63, 3.8) is 0 Å². The molecule has 7 nitrogen and oxygen atoms in total. The fraction of sp³-hybridized carbons (Fsp3) is 0.409. The summed E-state index contributed by atoms with van der Waals surface area (Å²) < 4.78 is 5.20. The third-order valence-electron chi connectivity index (χ3n) is 5.26. The number of β-lactam (4-membered cyclic amide) rings is 1. The van der Waals surface area contributed by atoms with E-state index in [2.05, 4.69) is 11.9 Å². The van der Waals surface area contributed by atoms with Crippen LogP contribution in [0, 0.1) is 5.92 Å². The van der Waals surface area contributed by atoms with Gasteiger partial charge in [0.15, 0.2) is 0 Å². The molecule has 1 aromatic carbocycles. The SMILES string of the molecule is C=CCOC(=O)C1=C(c2cccc(C(=O)NCCC)c2)C[C@@H]2[C@@H]([C@@H](C)O)C(=O)N12. The second kappa shape index (κ2) is 8.61. The topological polar surface area (TPSA) is 95.9 Å². The number of carbonyl (C=O) groups excluding carboxylic acids is 3. The molecule has 2 heterocycles. The normalized spacial score (nSPS) is 21.3. The van der Waals surface area contributed by atoms with E-state index in [1.54, 1.807) is 31.2 Å². The van der Waals surface area contributed by atoms with E-state index in [0.717, 1.165) is 6.42 Å². The van der Waals surface area contributed by atoms with E-state index in [1.165, 1.54) is 11.0 Å². The third kappa shape index (κ3) is 3.82. The van der Waals surface area contributed by atoms with Crippen molar-refractivity contribution in [1.29, 1.82) is 0 Å². The highest BCUT2D eigenvalue weighted by molar-refractivity contribution is 6.07. The average Bonchev–Trinajstić information content (AvgIpc) is 3.05. The van der Waals surface area contributed by atoms with Crippen molar-refractivity contribution >= 4 is 23.4 Å². The van der Waals surface area contributed by atoms with Gasteiger partial charge in [-0.05, 0) is 43.0 Å². The monoisotopic (exact) mass is 398 g/mol. The van der Waals surface area contributed by atoms with Gasteiger partial charge >= 0.3 is 5.97 Å². The van der Waals surface area contributed by atoms with E-state index < -0.39 is 18.0 Å². The maximum absolute atomic E-state index is 12.7. The first-order chi connectivity index (χ1) is 13.9. The fourth-order valence-electron chi connectivity index (χ4n) is 3.91. The summed E-state index contributed by atoms with van der Waals surface area (Å²) in [6, 6.07) is 6.69. The Balaban J connectivity index is 1.97. The van der Waals surface area contributed by atoms with E-state index >= 15 is 0 Å². The lowest BCUT2D eigenvalue weighted by molar-refractivity contribution is -0.162. The number of hydrogen-bond acceptors (Lipinski definition) is 5. The molecule has 2 aliphatic rings. The van der Waals surface area contributed by atoms with Gasteiger partial charge in [0, 0.05) is 12.1 Å². The number of ether oxygens (including phenoxy) is 1. The molecule has 29 heavy (non-hydrogen) atoms. The number of benzene rings is 1. The van der Waals surface area contributed by atoms with Gasteiger partial charge in [-0.3, -0.25) is 9.59 Å². The summed E-state index contributed by atoms with van der Waals surface area (Å²) in [6.07, 6.45) is 1.90. The Morgan fingerprint density at radius 2 is 2.21 bits per heavy atom. The molecule has 154 valence electrons. The first-order valence-electron chi connectivity index (χ1n) is 9.81. The van der Waals surface area contributed by atoms with Crippen LogP contribution in [0.5, 0.6) is 0 Å². The molecule has 2 aliphatic heterocycles. The summed E-state index contributed by atoms with van der Waals surface area (Å²) in [5, 5.41) is 12.8. The van der Waals surface area contributed by atoms with E-state index in [1.807, 2.05) is 6.92 Å². The molecule has 3 rings (SSSR count). The van der Waals surface area contributed by atoms with E-state index in [-0.39, 0.29) is 30.2 Å². The zero-order valence-corrected chi connectivity index (χ0v) is 16.7. The Labute approximate surface area is 170 Å². The molecule has 1 fully saturated rings. The second-order valence-electron chi connectivity index (χ2n) is 7.30. The molecule has 0 unspecified atom stereocenters. The Bertz CT molecular complexity index is 874. The number of esters is 1. The summed E-state index contributed by atoms with van der Waals surface area (Å²) in [7, 11) is 0. The molecule has 1 aromatic rings. The standard InChI is InChI=1S/C22H26N2O5/c1-4-9-23-20(26)15-8-6-7-14(11-15)16-12-17-18(13(3)25)21(27)24(17)19(16)22(28)29-10-5-2/h5-8,11,13,17-18,25H,2,4,9-10,12H2,1,3H3,(H,23,26)/t13-,17-,18-/m1/s1.